The normalized spacial score (nSPS) is 15.8. The van der Waals surface area contributed by atoms with E-state index in [1.807, 2.05) is 13.8 Å². The number of hydrogen-bond acceptors (Lipinski definition) is 6. The Morgan fingerprint density at radius 3 is 1.77 bits per heavy atom. The van der Waals surface area contributed by atoms with Gasteiger partial charge in [-0.1, -0.05) is 40.5 Å². The van der Waals surface area contributed by atoms with E-state index in [4.69, 9.17) is 16.6 Å². The van der Waals surface area contributed by atoms with E-state index in [0.717, 1.165) is 0 Å². The van der Waals surface area contributed by atoms with Crippen molar-refractivity contribution in [3.8, 4) is 0 Å². The summed E-state index contributed by atoms with van der Waals surface area (Å²) in [6, 6.07) is -2.93. The first-order valence-electron chi connectivity index (χ1n) is 10.1. The van der Waals surface area contributed by atoms with Gasteiger partial charge in [-0.2, -0.15) is 0 Å². The number of primary amides is 1. The van der Waals surface area contributed by atoms with Crippen LogP contribution in [0.15, 0.2) is 0 Å². The molecule has 11 nitrogen and oxygen atoms in total. The van der Waals surface area contributed by atoms with Crippen molar-refractivity contribution in [2.45, 2.75) is 71.5 Å². The van der Waals surface area contributed by atoms with Gasteiger partial charge in [-0.25, -0.2) is 0 Å². The summed E-state index contributed by atoms with van der Waals surface area (Å²) in [4.78, 5) is 59.2. The quantitative estimate of drug-likeness (QED) is 0.200. The summed E-state index contributed by atoms with van der Waals surface area (Å²) in [5.74, 6) is -4.12. The molecule has 0 aromatic carbocycles. The van der Waals surface area contributed by atoms with Gasteiger partial charge in [0.2, 0.25) is 23.6 Å². The first-order chi connectivity index (χ1) is 13.9. The molecule has 0 heterocycles. The molecule has 0 saturated heterocycles. The third kappa shape index (κ3) is 9.68. The van der Waals surface area contributed by atoms with Gasteiger partial charge in [0.1, 0.15) is 18.6 Å². The molecule has 0 spiro atoms. The monoisotopic (exact) mass is 429 g/mol. The molecule has 11 heteroatoms. The molecule has 0 radical (unpaired) electrons. The maximum absolute atomic E-state index is 12.9. The second-order valence-electron chi connectivity index (χ2n) is 7.47. The number of nitrogens with one attached hydrogen (secondary N) is 3. The minimum absolute atomic E-state index is 0.0447. The van der Waals surface area contributed by atoms with Crippen molar-refractivity contribution in [1.29, 1.82) is 0 Å². The standard InChI is InChI=1S/C19H35N5O6/c1-5-10(3)15(18(29)22-9-14(26)27)24-19(30)16(11(4)6-2)23-17(28)12(20)7-8-13(21)25/h10-12,15-16H,5-9,20H2,1-4H3,(H2,21,25)(H,22,29)(H,23,28)(H,24,30)(H,26,27). The summed E-state index contributed by atoms with van der Waals surface area (Å²) >= 11 is 0. The van der Waals surface area contributed by atoms with Gasteiger partial charge in [-0.15, -0.1) is 0 Å². The number of carbonyl (C=O) groups excluding carboxylic acids is 4. The maximum atomic E-state index is 12.9. The van der Waals surface area contributed by atoms with Gasteiger partial charge in [0.05, 0.1) is 6.04 Å². The molecule has 0 saturated carbocycles. The Morgan fingerprint density at radius 1 is 0.867 bits per heavy atom. The highest BCUT2D eigenvalue weighted by atomic mass is 16.4. The Bertz CT molecular complexity index is 627. The van der Waals surface area contributed by atoms with Crippen LogP contribution in [-0.4, -0.2) is 59.4 Å². The first kappa shape index (κ1) is 27.3. The fourth-order valence-electron chi connectivity index (χ4n) is 2.61. The molecule has 0 aliphatic heterocycles. The number of carboxylic acids is 1. The highest BCUT2D eigenvalue weighted by Crippen LogP contribution is 2.12. The third-order valence-electron chi connectivity index (χ3n) is 5.04. The second kappa shape index (κ2) is 13.5. The highest BCUT2D eigenvalue weighted by molar-refractivity contribution is 5.94. The molecule has 30 heavy (non-hydrogen) atoms. The van der Waals surface area contributed by atoms with E-state index in [1.54, 1.807) is 13.8 Å². The molecular formula is C19H35N5O6. The lowest BCUT2D eigenvalue weighted by molar-refractivity contribution is -0.139. The summed E-state index contributed by atoms with van der Waals surface area (Å²) < 4.78 is 0. The van der Waals surface area contributed by atoms with E-state index in [-0.39, 0.29) is 24.7 Å². The van der Waals surface area contributed by atoms with Gasteiger partial charge in [0, 0.05) is 6.42 Å². The van der Waals surface area contributed by atoms with Crippen LogP contribution in [0.4, 0.5) is 0 Å². The molecule has 8 N–H and O–H groups in total. The molecule has 0 rings (SSSR count). The van der Waals surface area contributed by atoms with Gasteiger partial charge in [0.25, 0.3) is 0 Å². The van der Waals surface area contributed by atoms with Crippen LogP contribution in [0.1, 0.15) is 53.4 Å². The molecule has 0 aliphatic rings. The molecule has 0 aromatic rings. The van der Waals surface area contributed by atoms with Crippen LogP contribution in [0, 0.1) is 11.8 Å². The fraction of sp³-hybridized carbons (Fsp3) is 0.737. The molecule has 0 bridgehead atoms. The van der Waals surface area contributed by atoms with Crippen LogP contribution in [0.3, 0.4) is 0 Å². The minimum atomic E-state index is -1.20. The Balaban J connectivity index is 5.33. The van der Waals surface area contributed by atoms with Crippen molar-refractivity contribution in [3.05, 3.63) is 0 Å². The van der Waals surface area contributed by atoms with Crippen LogP contribution >= 0.6 is 0 Å². The third-order valence-corrected chi connectivity index (χ3v) is 5.04. The Kier molecular flexibility index (Phi) is 12.3. The van der Waals surface area contributed by atoms with Crippen molar-refractivity contribution >= 4 is 29.6 Å². The van der Waals surface area contributed by atoms with E-state index in [0.29, 0.717) is 12.8 Å². The van der Waals surface area contributed by atoms with Gasteiger partial charge in [-0.3, -0.25) is 24.0 Å². The zero-order valence-electron chi connectivity index (χ0n) is 18.1. The zero-order valence-corrected chi connectivity index (χ0v) is 18.1. The molecule has 5 unspecified atom stereocenters. The van der Waals surface area contributed by atoms with E-state index < -0.39 is 54.3 Å². The number of hydrogen-bond donors (Lipinski definition) is 6. The van der Waals surface area contributed by atoms with Crippen LogP contribution < -0.4 is 27.4 Å². The predicted molar refractivity (Wildman–Crippen MR) is 110 cm³/mol. The van der Waals surface area contributed by atoms with Crippen molar-refractivity contribution < 1.29 is 29.1 Å². The summed E-state index contributed by atoms with van der Waals surface area (Å²) in [7, 11) is 0. The number of aliphatic carboxylic acids is 1. The number of carbonyl (C=O) groups is 5. The van der Waals surface area contributed by atoms with E-state index >= 15 is 0 Å². The lowest BCUT2D eigenvalue weighted by Gasteiger charge is -2.29. The fourth-order valence-corrected chi connectivity index (χ4v) is 2.61. The summed E-state index contributed by atoms with van der Waals surface area (Å²) in [6.07, 6.45) is 1.11. The Hall–Kier alpha value is -2.69. The Morgan fingerprint density at radius 2 is 1.33 bits per heavy atom. The first-order valence-corrected chi connectivity index (χ1v) is 10.1. The van der Waals surface area contributed by atoms with Crippen molar-refractivity contribution in [2.75, 3.05) is 6.54 Å². The van der Waals surface area contributed by atoms with Gasteiger partial charge >= 0.3 is 5.97 Å². The molecule has 0 fully saturated rings. The lowest BCUT2D eigenvalue weighted by Crippen LogP contribution is -2.59. The summed E-state index contributed by atoms with van der Waals surface area (Å²) in [5, 5.41) is 16.2. The number of carboxylic acid groups (broad SMARTS) is 1. The average Bonchev–Trinajstić information content (AvgIpc) is 2.70. The van der Waals surface area contributed by atoms with Crippen LogP contribution in [-0.2, 0) is 24.0 Å². The Labute approximate surface area is 176 Å². The number of nitrogens with two attached hydrogens (primary N) is 2. The second-order valence-corrected chi connectivity index (χ2v) is 7.47. The SMILES string of the molecule is CCC(C)C(NC(=O)C(N)CCC(N)=O)C(=O)NC(C(=O)NCC(=O)O)C(C)CC. The van der Waals surface area contributed by atoms with Crippen LogP contribution in [0.5, 0.6) is 0 Å². The molecule has 4 amide bonds. The zero-order chi connectivity index (χ0) is 23.4. The van der Waals surface area contributed by atoms with Crippen molar-refractivity contribution in [3.63, 3.8) is 0 Å². The number of rotatable bonds is 14. The summed E-state index contributed by atoms with van der Waals surface area (Å²) in [5.41, 5.74) is 10.8. The van der Waals surface area contributed by atoms with E-state index in [1.165, 1.54) is 0 Å². The van der Waals surface area contributed by atoms with Crippen LogP contribution in [0.25, 0.3) is 0 Å². The molecule has 0 aliphatic carbocycles. The molecular weight excluding hydrogens is 394 g/mol. The number of amides is 4. The van der Waals surface area contributed by atoms with Crippen molar-refractivity contribution in [2.24, 2.45) is 23.3 Å². The van der Waals surface area contributed by atoms with Gasteiger partial charge < -0.3 is 32.5 Å². The minimum Gasteiger partial charge on any atom is -0.480 e. The molecule has 5 atom stereocenters. The predicted octanol–water partition coefficient (Wildman–Crippen LogP) is -1.16. The molecule has 0 aromatic heterocycles. The largest absolute Gasteiger partial charge is 0.480 e. The highest BCUT2D eigenvalue weighted by Gasteiger charge is 2.33. The van der Waals surface area contributed by atoms with Crippen LogP contribution in [0.2, 0.25) is 0 Å². The molecule has 172 valence electrons. The van der Waals surface area contributed by atoms with E-state index in [9.17, 15) is 24.0 Å². The van der Waals surface area contributed by atoms with Gasteiger partial charge in [0.15, 0.2) is 0 Å². The topological polar surface area (TPSA) is 194 Å². The van der Waals surface area contributed by atoms with Crippen molar-refractivity contribution in [1.82, 2.24) is 16.0 Å². The summed E-state index contributed by atoms with van der Waals surface area (Å²) in [6.45, 7) is 6.63. The van der Waals surface area contributed by atoms with E-state index in [2.05, 4.69) is 16.0 Å². The average molecular weight is 430 g/mol. The smallest absolute Gasteiger partial charge is 0.322 e. The maximum Gasteiger partial charge on any atom is 0.322 e. The van der Waals surface area contributed by atoms with Gasteiger partial charge in [-0.05, 0) is 18.3 Å². The lowest BCUT2D eigenvalue weighted by atomic mass is 9.94.